The number of amides is 3. The number of hydrogen-bond donors (Lipinski definition) is 2. The summed E-state index contributed by atoms with van der Waals surface area (Å²) in [6, 6.07) is 5.00. The van der Waals surface area contributed by atoms with E-state index in [0.717, 1.165) is 29.6 Å². The first-order chi connectivity index (χ1) is 15.5. The predicted octanol–water partition coefficient (Wildman–Crippen LogP) is 2.92. The van der Waals surface area contributed by atoms with Gasteiger partial charge in [0.05, 0.1) is 6.10 Å². The molecule has 7 heteroatoms. The van der Waals surface area contributed by atoms with Crippen LogP contribution >= 0.6 is 0 Å². The van der Waals surface area contributed by atoms with Crippen LogP contribution in [-0.2, 0) is 16.1 Å². The van der Waals surface area contributed by atoms with E-state index < -0.39 is 6.04 Å². The van der Waals surface area contributed by atoms with Crippen LogP contribution in [0.25, 0.3) is 0 Å². The number of imide groups is 1. The van der Waals surface area contributed by atoms with Gasteiger partial charge >= 0.3 is 0 Å². The summed E-state index contributed by atoms with van der Waals surface area (Å²) in [5.74, 6) is 0.00181. The van der Waals surface area contributed by atoms with Crippen molar-refractivity contribution >= 4 is 17.7 Å². The van der Waals surface area contributed by atoms with E-state index in [2.05, 4.69) is 10.6 Å². The van der Waals surface area contributed by atoms with Crippen LogP contribution in [0.5, 0.6) is 5.75 Å². The van der Waals surface area contributed by atoms with Crippen LogP contribution in [-0.4, -0.2) is 47.9 Å². The molecule has 0 bridgehead atoms. The molecule has 1 aromatic carbocycles. The molecule has 3 aliphatic heterocycles. The van der Waals surface area contributed by atoms with Crippen molar-refractivity contribution in [3.8, 4) is 5.75 Å². The minimum Gasteiger partial charge on any atom is -0.490 e. The van der Waals surface area contributed by atoms with Crippen molar-refractivity contribution in [2.24, 2.45) is 5.41 Å². The maximum atomic E-state index is 12.6. The third kappa shape index (κ3) is 4.27. The Hall–Kier alpha value is -2.41. The molecular weight excluding hydrogens is 406 g/mol. The number of carbonyl (C=O) groups excluding carboxylic acids is 3. The van der Waals surface area contributed by atoms with Crippen molar-refractivity contribution in [3.63, 3.8) is 0 Å². The number of nitrogens with one attached hydrogen (secondary N) is 2. The maximum Gasteiger partial charge on any atom is 0.255 e. The van der Waals surface area contributed by atoms with Crippen molar-refractivity contribution in [1.29, 1.82) is 0 Å². The van der Waals surface area contributed by atoms with Crippen molar-refractivity contribution in [2.75, 3.05) is 13.1 Å². The number of carbonyl (C=O) groups is 3. The van der Waals surface area contributed by atoms with Gasteiger partial charge in [-0.2, -0.15) is 0 Å². The molecule has 1 unspecified atom stereocenters. The van der Waals surface area contributed by atoms with Crippen LogP contribution in [0.15, 0.2) is 18.2 Å². The molecular formula is C25H33N3O4. The lowest BCUT2D eigenvalue weighted by Gasteiger charge is -2.49. The summed E-state index contributed by atoms with van der Waals surface area (Å²) in [7, 11) is 0. The Bertz CT molecular complexity index is 885. The SMILES string of the molecule is C1CC2(C1)CNC2.O=C1CCC(N2Cc3cc(OC4CCCCC4)ccc3C2=O)C(=O)N1. The average molecular weight is 440 g/mol. The Kier molecular flexibility index (Phi) is 5.93. The Morgan fingerprint density at radius 1 is 0.969 bits per heavy atom. The van der Waals surface area contributed by atoms with Crippen LogP contribution in [0.4, 0.5) is 0 Å². The summed E-state index contributed by atoms with van der Waals surface area (Å²) in [6.07, 6.45) is 11.3. The summed E-state index contributed by atoms with van der Waals surface area (Å²) in [5, 5.41) is 5.63. The van der Waals surface area contributed by atoms with Gasteiger partial charge in [0.1, 0.15) is 11.8 Å². The highest BCUT2D eigenvalue weighted by molar-refractivity contribution is 6.05. The fourth-order valence-corrected chi connectivity index (χ4v) is 5.51. The highest BCUT2D eigenvalue weighted by Crippen LogP contribution is 2.43. The first-order valence-corrected chi connectivity index (χ1v) is 12.2. The summed E-state index contributed by atoms with van der Waals surface area (Å²) in [4.78, 5) is 37.6. The molecule has 1 aromatic rings. The lowest BCUT2D eigenvalue weighted by Crippen LogP contribution is -2.57. The molecule has 7 nitrogen and oxygen atoms in total. The molecule has 172 valence electrons. The molecule has 2 saturated heterocycles. The molecule has 0 aromatic heterocycles. The highest BCUT2D eigenvalue weighted by atomic mass is 16.5. The molecule has 1 spiro atoms. The number of rotatable bonds is 3. The van der Waals surface area contributed by atoms with E-state index >= 15 is 0 Å². The minimum atomic E-state index is -0.569. The minimum absolute atomic E-state index is 0.145. The van der Waals surface area contributed by atoms with E-state index in [1.165, 1.54) is 51.6 Å². The fraction of sp³-hybridized carbons (Fsp3) is 0.640. The molecule has 2 saturated carbocycles. The summed E-state index contributed by atoms with van der Waals surface area (Å²) >= 11 is 0. The van der Waals surface area contributed by atoms with Crippen LogP contribution in [0.1, 0.15) is 80.1 Å². The largest absolute Gasteiger partial charge is 0.490 e. The van der Waals surface area contributed by atoms with Crippen LogP contribution < -0.4 is 15.4 Å². The summed E-state index contributed by atoms with van der Waals surface area (Å²) in [5.41, 5.74) is 2.35. The molecule has 3 amide bonds. The zero-order chi connectivity index (χ0) is 22.1. The molecule has 4 fully saturated rings. The Morgan fingerprint density at radius 2 is 1.75 bits per heavy atom. The fourth-order valence-electron chi connectivity index (χ4n) is 5.51. The molecule has 3 heterocycles. The van der Waals surface area contributed by atoms with Gasteiger partial charge in [0.25, 0.3) is 5.91 Å². The second-order valence-corrected chi connectivity index (χ2v) is 10.1. The third-order valence-corrected chi connectivity index (χ3v) is 7.76. The van der Waals surface area contributed by atoms with Crippen LogP contribution in [0.2, 0.25) is 0 Å². The average Bonchev–Trinajstić information content (AvgIpc) is 3.03. The van der Waals surface area contributed by atoms with Gasteiger partial charge in [0.2, 0.25) is 11.8 Å². The van der Waals surface area contributed by atoms with E-state index in [1.807, 2.05) is 12.1 Å². The maximum absolute atomic E-state index is 12.6. The zero-order valence-electron chi connectivity index (χ0n) is 18.7. The van der Waals surface area contributed by atoms with E-state index in [9.17, 15) is 14.4 Å². The Balaban J connectivity index is 0.000000259. The first-order valence-electron chi connectivity index (χ1n) is 12.2. The van der Waals surface area contributed by atoms with Crippen molar-refractivity contribution in [1.82, 2.24) is 15.5 Å². The van der Waals surface area contributed by atoms with Gasteiger partial charge in [-0.15, -0.1) is 0 Å². The molecule has 32 heavy (non-hydrogen) atoms. The molecule has 0 radical (unpaired) electrons. The Morgan fingerprint density at radius 3 is 2.34 bits per heavy atom. The summed E-state index contributed by atoms with van der Waals surface area (Å²) < 4.78 is 6.08. The van der Waals surface area contributed by atoms with E-state index in [-0.39, 0.29) is 30.2 Å². The van der Waals surface area contributed by atoms with E-state index in [4.69, 9.17) is 4.74 Å². The number of fused-ring (bicyclic) bond motifs is 1. The number of benzene rings is 1. The molecule has 6 rings (SSSR count). The van der Waals surface area contributed by atoms with Gasteiger partial charge < -0.3 is 15.0 Å². The van der Waals surface area contributed by atoms with Gasteiger partial charge in [-0.1, -0.05) is 12.8 Å². The van der Waals surface area contributed by atoms with Gasteiger partial charge in [0, 0.05) is 31.6 Å². The smallest absolute Gasteiger partial charge is 0.255 e. The number of nitrogens with zero attached hydrogens (tertiary/aromatic N) is 1. The highest BCUT2D eigenvalue weighted by Gasteiger charge is 2.42. The van der Waals surface area contributed by atoms with Crippen molar-refractivity contribution < 1.29 is 19.1 Å². The standard InChI is InChI=1S/C19H22N2O4.C6H11N/c22-17-9-8-16(18(23)20-17)21-11-12-10-14(6-7-15(12)19(21)24)25-13-4-2-1-3-5-13;1-2-6(3-1)4-7-5-6/h6-7,10,13,16H,1-5,8-9,11H2,(H,20,22,23);7H,1-5H2. The second-order valence-electron chi connectivity index (χ2n) is 10.1. The first kappa shape index (κ1) is 21.4. The lowest BCUT2D eigenvalue weighted by atomic mass is 9.65. The lowest BCUT2D eigenvalue weighted by molar-refractivity contribution is -0.136. The topological polar surface area (TPSA) is 87.7 Å². The molecule has 1 atom stereocenters. The van der Waals surface area contributed by atoms with E-state index in [1.54, 1.807) is 11.0 Å². The molecule has 2 aliphatic carbocycles. The summed E-state index contributed by atoms with van der Waals surface area (Å²) in [6.45, 7) is 3.02. The van der Waals surface area contributed by atoms with E-state index in [0.29, 0.717) is 18.5 Å². The third-order valence-electron chi connectivity index (χ3n) is 7.76. The molecule has 5 aliphatic rings. The van der Waals surface area contributed by atoms with Crippen molar-refractivity contribution in [2.45, 2.75) is 82.9 Å². The molecule has 2 N–H and O–H groups in total. The Labute approximate surface area is 189 Å². The number of piperidine rings is 1. The van der Waals surface area contributed by atoms with Gasteiger partial charge in [-0.25, -0.2) is 0 Å². The monoisotopic (exact) mass is 439 g/mol. The van der Waals surface area contributed by atoms with Gasteiger partial charge in [-0.05, 0) is 74.1 Å². The van der Waals surface area contributed by atoms with Gasteiger partial charge in [-0.3, -0.25) is 19.7 Å². The number of ether oxygens (including phenoxy) is 1. The normalized spacial score (nSPS) is 26.4. The second kappa shape index (κ2) is 8.85. The quantitative estimate of drug-likeness (QED) is 0.707. The van der Waals surface area contributed by atoms with Crippen LogP contribution in [0.3, 0.4) is 0 Å². The predicted molar refractivity (Wildman–Crippen MR) is 119 cm³/mol. The number of hydrogen-bond acceptors (Lipinski definition) is 5. The van der Waals surface area contributed by atoms with Crippen LogP contribution in [0, 0.1) is 5.41 Å². The van der Waals surface area contributed by atoms with Gasteiger partial charge in [0.15, 0.2) is 0 Å². The van der Waals surface area contributed by atoms with Crippen molar-refractivity contribution in [3.05, 3.63) is 29.3 Å². The zero-order valence-corrected chi connectivity index (χ0v) is 18.7.